The number of nitrogens with two attached hydrogens (primary N) is 2. The van der Waals surface area contributed by atoms with Gasteiger partial charge in [-0.2, -0.15) is 0 Å². The molecule has 0 aromatic heterocycles. The highest BCUT2D eigenvalue weighted by molar-refractivity contribution is 5.68. The van der Waals surface area contributed by atoms with E-state index in [0.29, 0.717) is 0 Å². The predicted molar refractivity (Wildman–Crippen MR) is 73.0 cm³/mol. The minimum atomic E-state index is -0.125. The molecule has 1 atom stereocenters. The van der Waals surface area contributed by atoms with E-state index in [4.69, 9.17) is 11.5 Å². The fourth-order valence-electron chi connectivity index (χ4n) is 2.02. The molecule has 0 fully saturated rings. The van der Waals surface area contributed by atoms with Crippen LogP contribution in [0.2, 0.25) is 0 Å². The molecule has 0 saturated carbocycles. The Bertz CT molecular complexity index is 470. The van der Waals surface area contributed by atoms with E-state index < -0.39 is 0 Å². The van der Waals surface area contributed by atoms with Gasteiger partial charge in [-0.3, -0.25) is 0 Å². The maximum Gasteiger partial charge on any atom is 0.0498 e. The van der Waals surface area contributed by atoms with Crippen molar-refractivity contribution in [2.45, 2.75) is 18.9 Å². The molecule has 0 aliphatic heterocycles. The average Bonchev–Trinajstić information content (AvgIpc) is 2.40. The lowest BCUT2D eigenvalue weighted by Gasteiger charge is -2.12. The van der Waals surface area contributed by atoms with E-state index in [1.165, 1.54) is 17.3 Å². The Morgan fingerprint density at radius 3 is 2.88 bits per heavy atom. The second-order valence-electron chi connectivity index (χ2n) is 4.19. The summed E-state index contributed by atoms with van der Waals surface area (Å²) in [6.45, 7) is 0. The molecule has 1 aromatic rings. The molecule has 1 unspecified atom stereocenters. The molecule has 0 saturated heterocycles. The normalized spacial score (nSPS) is 17.1. The number of hydrogen-bond acceptors (Lipinski definition) is 2. The van der Waals surface area contributed by atoms with Crippen molar-refractivity contribution in [2.75, 3.05) is 0 Å². The largest absolute Gasteiger partial charge is 0.405 e. The van der Waals surface area contributed by atoms with Gasteiger partial charge in [0.15, 0.2) is 0 Å². The number of allylic oxidation sites excluding steroid dienone is 4. The van der Waals surface area contributed by atoms with Crippen molar-refractivity contribution in [1.29, 1.82) is 0 Å². The molecule has 2 heteroatoms. The van der Waals surface area contributed by atoms with Gasteiger partial charge in [0.05, 0.1) is 0 Å². The summed E-state index contributed by atoms with van der Waals surface area (Å²) in [5.74, 6) is 0. The van der Waals surface area contributed by atoms with Gasteiger partial charge in [-0.05, 0) is 47.9 Å². The standard InChI is InChI=1S/C15H18N2/c16-10-9-15(17)14-8-4-7-13(11-14)12-5-2-1-3-6-12/h1-2,4-5,7-11,15H,3,6,16-17H2/b10-9-. The van der Waals surface area contributed by atoms with Crippen LogP contribution in [0.3, 0.4) is 0 Å². The third-order valence-corrected chi connectivity index (χ3v) is 2.97. The number of rotatable bonds is 3. The van der Waals surface area contributed by atoms with Crippen molar-refractivity contribution >= 4 is 5.57 Å². The lowest BCUT2D eigenvalue weighted by atomic mass is 9.94. The summed E-state index contributed by atoms with van der Waals surface area (Å²) < 4.78 is 0. The van der Waals surface area contributed by atoms with Gasteiger partial charge in [0, 0.05) is 6.04 Å². The highest BCUT2D eigenvalue weighted by Crippen LogP contribution is 2.25. The van der Waals surface area contributed by atoms with Crippen molar-refractivity contribution in [2.24, 2.45) is 11.5 Å². The molecular formula is C15H18N2. The van der Waals surface area contributed by atoms with Crippen LogP contribution in [0.25, 0.3) is 5.57 Å². The fraction of sp³-hybridized carbons (Fsp3) is 0.200. The SMILES string of the molecule is N/C=C\C(N)c1cccc(C2=CC=CCC2)c1. The molecule has 0 amide bonds. The summed E-state index contributed by atoms with van der Waals surface area (Å²) in [4.78, 5) is 0. The first-order valence-electron chi connectivity index (χ1n) is 5.91. The van der Waals surface area contributed by atoms with Crippen LogP contribution >= 0.6 is 0 Å². The topological polar surface area (TPSA) is 52.0 Å². The molecule has 0 radical (unpaired) electrons. The minimum absolute atomic E-state index is 0.125. The lowest BCUT2D eigenvalue weighted by Crippen LogP contribution is -2.08. The van der Waals surface area contributed by atoms with Crippen LogP contribution < -0.4 is 11.5 Å². The molecule has 2 rings (SSSR count). The molecule has 17 heavy (non-hydrogen) atoms. The Kier molecular flexibility index (Phi) is 3.78. The number of hydrogen-bond donors (Lipinski definition) is 2. The first-order chi connectivity index (χ1) is 8.31. The maximum absolute atomic E-state index is 6.00. The number of benzene rings is 1. The summed E-state index contributed by atoms with van der Waals surface area (Å²) in [6, 6.07) is 8.24. The van der Waals surface area contributed by atoms with Crippen LogP contribution in [0.4, 0.5) is 0 Å². The minimum Gasteiger partial charge on any atom is -0.405 e. The molecule has 1 aliphatic carbocycles. The van der Waals surface area contributed by atoms with Gasteiger partial charge in [-0.25, -0.2) is 0 Å². The monoisotopic (exact) mass is 226 g/mol. The zero-order valence-corrected chi connectivity index (χ0v) is 9.84. The Balaban J connectivity index is 2.28. The molecule has 0 bridgehead atoms. The van der Waals surface area contributed by atoms with E-state index in [1.54, 1.807) is 6.08 Å². The fourth-order valence-corrected chi connectivity index (χ4v) is 2.02. The average molecular weight is 226 g/mol. The first-order valence-corrected chi connectivity index (χ1v) is 5.91. The van der Waals surface area contributed by atoms with Crippen LogP contribution in [-0.4, -0.2) is 0 Å². The van der Waals surface area contributed by atoms with E-state index in [1.807, 2.05) is 12.1 Å². The summed E-state index contributed by atoms with van der Waals surface area (Å²) in [6.07, 6.45) is 12.0. The van der Waals surface area contributed by atoms with Crippen molar-refractivity contribution in [3.8, 4) is 0 Å². The van der Waals surface area contributed by atoms with Gasteiger partial charge in [-0.1, -0.05) is 36.4 Å². The van der Waals surface area contributed by atoms with E-state index in [0.717, 1.165) is 18.4 Å². The molecule has 4 N–H and O–H groups in total. The van der Waals surface area contributed by atoms with Crippen LogP contribution in [0.5, 0.6) is 0 Å². The smallest absolute Gasteiger partial charge is 0.0498 e. The molecule has 1 aliphatic rings. The van der Waals surface area contributed by atoms with Gasteiger partial charge < -0.3 is 11.5 Å². The summed E-state index contributed by atoms with van der Waals surface area (Å²) in [5, 5.41) is 0. The van der Waals surface area contributed by atoms with Crippen LogP contribution in [0, 0.1) is 0 Å². The maximum atomic E-state index is 6.00. The van der Waals surface area contributed by atoms with Crippen LogP contribution in [0.1, 0.15) is 30.0 Å². The molecule has 1 aromatic carbocycles. The zero-order valence-electron chi connectivity index (χ0n) is 9.84. The van der Waals surface area contributed by atoms with Gasteiger partial charge in [0.25, 0.3) is 0 Å². The third-order valence-electron chi connectivity index (χ3n) is 2.97. The summed E-state index contributed by atoms with van der Waals surface area (Å²) in [7, 11) is 0. The van der Waals surface area contributed by atoms with Crippen LogP contribution in [0.15, 0.2) is 54.8 Å². The Hall–Kier alpha value is -1.80. The Labute approximate surface area is 102 Å². The predicted octanol–water partition coefficient (Wildman–Crippen LogP) is 2.89. The summed E-state index contributed by atoms with van der Waals surface area (Å²) in [5.41, 5.74) is 15.1. The quantitative estimate of drug-likeness (QED) is 0.832. The Morgan fingerprint density at radius 1 is 1.29 bits per heavy atom. The highest BCUT2D eigenvalue weighted by atomic mass is 14.6. The van der Waals surface area contributed by atoms with Gasteiger partial charge in [0.1, 0.15) is 0 Å². The van der Waals surface area contributed by atoms with Gasteiger partial charge in [0.2, 0.25) is 0 Å². The lowest BCUT2D eigenvalue weighted by molar-refractivity contribution is 0.906. The van der Waals surface area contributed by atoms with E-state index in [-0.39, 0.29) is 6.04 Å². The van der Waals surface area contributed by atoms with E-state index in [2.05, 4.69) is 30.4 Å². The molecule has 0 heterocycles. The highest BCUT2D eigenvalue weighted by Gasteiger charge is 2.06. The van der Waals surface area contributed by atoms with Crippen molar-refractivity contribution in [1.82, 2.24) is 0 Å². The van der Waals surface area contributed by atoms with Crippen molar-refractivity contribution in [3.63, 3.8) is 0 Å². The van der Waals surface area contributed by atoms with Gasteiger partial charge >= 0.3 is 0 Å². The van der Waals surface area contributed by atoms with Crippen molar-refractivity contribution < 1.29 is 0 Å². The van der Waals surface area contributed by atoms with E-state index in [9.17, 15) is 0 Å². The molecule has 2 nitrogen and oxygen atoms in total. The first kappa shape index (κ1) is 11.7. The summed E-state index contributed by atoms with van der Waals surface area (Å²) >= 11 is 0. The van der Waals surface area contributed by atoms with Gasteiger partial charge in [-0.15, -0.1) is 0 Å². The second-order valence-corrected chi connectivity index (χ2v) is 4.19. The van der Waals surface area contributed by atoms with Crippen molar-refractivity contribution in [3.05, 3.63) is 65.9 Å². The van der Waals surface area contributed by atoms with E-state index >= 15 is 0 Å². The zero-order chi connectivity index (χ0) is 12.1. The molecule has 0 spiro atoms. The van der Waals surface area contributed by atoms with Crippen LogP contribution in [-0.2, 0) is 0 Å². The Morgan fingerprint density at radius 2 is 2.18 bits per heavy atom. The second kappa shape index (κ2) is 5.51. The molecular weight excluding hydrogens is 208 g/mol. The molecule has 88 valence electrons. The third kappa shape index (κ3) is 2.86.